The SMILES string of the molecule is CC(=O)CC[C@H]1CN(c2ccc(N3CCNN(C(N)=O)CC3)c(F)c2)C(=O)O1. The fourth-order valence-electron chi connectivity index (χ4n) is 3.33. The third-order valence-corrected chi connectivity index (χ3v) is 4.82. The Morgan fingerprint density at radius 3 is 2.79 bits per heavy atom. The van der Waals surface area contributed by atoms with Crippen molar-refractivity contribution in [3.05, 3.63) is 24.0 Å². The summed E-state index contributed by atoms with van der Waals surface area (Å²) >= 11 is 0. The quantitative estimate of drug-likeness (QED) is 0.779. The largest absolute Gasteiger partial charge is 0.444 e. The number of cyclic esters (lactones) is 1. The van der Waals surface area contributed by atoms with Crippen molar-refractivity contribution >= 4 is 29.3 Å². The van der Waals surface area contributed by atoms with Crippen LogP contribution in [0, 0.1) is 5.82 Å². The number of amides is 3. The molecule has 9 nitrogen and oxygen atoms in total. The lowest BCUT2D eigenvalue weighted by Crippen LogP contribution is -2.46. The van der Waals surface area contributed by atoms with E-state index in [1.807, 2.05) is 4.90 Å². The Hall–Kier alpha value is -2.88. The van der Waals surface area contributed by atoms with Crippen molar-refractivity contribution in [2.45, 2.75) is 25.9 Å². The van der Waals surface area contributed by atoms with Gasteiger partial charge in [0, 0.05) is 26.1 Å². The Morgan fingerprint density at radius 2 is 2.11 bits per heavy atom. The lowest BCUT2D eigenvalue weighted by Gasteiger charge is -2.24. The number of primary amides is 1. The van der Waals surface area contributed by atoms with Gasteiger partial charge in [0.1, 0.15) is 17.7 Å². The average Bonchev–Trinajstić information content (AvgIpc) is 2.85. The van der Waals surface area contributed by atoms with Crippen molar-refractivity contribution in [3.63, 3.8) is 0 Å². The van der Waals surface area contributed by atoms with E-state index in [4.69, 9.17) is 10.5 Å². The molecule has 1 aromatic rings. The molecule has 1 aromatic carbocycles. The number of anilines is 2. The molecule has 2 saturated heterocycles. The molecule has 0 spiro atoms. The molecule has 0 aromatic heterocycles. The van der Waals surface area contributed by atoms with Crippen LogP contribution >= 0.6 is 0 Å². The molecule has 0 radical (unpaired) electrons. The smallest absolute Gasteiger partial charge is 0.414 e. The molecule has 10 heteroatoms. The van der Waals surface area contributed by atoms with E-state index in [1.165, 1.54) is 22.9 Å². The van der Waals surface area contributed by atoms with Crippen LogP contribution in [0.5, 0.6) is 0 Å². The number of hydrogen-bond acceptors (Lipinski definition) is 6. The number of hydrazine groups is 1. The summed E-state index contributed by atoms with van der Waals surface area (Å²) in [6.07, 6.45) is -0.132. The summed E-state index contributed by atoms with van der Waals surface area (Å²) in [6.45, 7) is 3.47. The highest BCUT2D eigenvalue weighted by Crippen LogP contribution is 2.29. The molecule has 2 heterocycles. The molecular weight excluding hydrogens is 369 g/mol. The number of nitrogens with one attached hydrogen (secondary N) is 1. The van der Waals surface area contributed by atoms with Crippen LogP contribution in [0.1, 0.15) is 19.8 Å². The van der Waals surface area contributed by atoms with E-state index in [1.54, 1.807) is 12.1 Å². The van der Waals surface area contributed by atoms with E-state index in [-0.39, 0.29) is 18.4 Å². The van der Waals surface area contributed by atoms with Crippen LogP contribution in [0.3, 0.4) is 0 Å². The van der Waals surface area contributed by atoms with E-state index in [0.717, 1.165) is 0 Å². The first-order valence-electron chi connectivity index (χ1n) is 9.17. The van der Waals surface area contributed by atoms with Gasteiger partial charge in [0.05, 0.1) is 24.5 Å². The minimum atomic E-state index is -0.579. The summed E-state index contributed by atoms with van der Waals surface area (Å²) in [5, 5.41) is 1.30. The van der Waals surface area contributed by atoms with E-state index in [0.29, 0.717) is 50.4 Å². The number of carbonyl (C=O) groups is 3. The van der Waals surface area contributed by atoms with Gasteiger partial charge in [0.15, 0.2) is 0 Å². The maximum Gasteiger partial charge on any atom is 0.414 e. The van der Waals surface area contributed by atoms with Gasteiger partial charge in [-0.1, -0.05) is 0 Å². The first kappa shape index (κ1) is 19.9. The minimum absolute atomic E-state index is 0.0340. The van der Waals surface area contributed by atoms with Crippen molar-refractivity contribution in [2.24, 2.45) is 5.73 Å². The average molecular weight is 393 g/mol. The molecule has 0 aliphatic carbocycles. The van der Waals surface area contributed by atoms with Gasteiger partial charge in [0.25, 0.3) is 0 Å². The zero-order valence-electron chi connectivity index (χ0n) is 15.7. The van der Waals surface area contributed by atoms with Crippen LogP contribution in [0.25, 0.3) is 0 Å². The molecule has 1 atom stereocenters. The summed E-state index contributed by atoms with van der Waals surface area (Å²) in [5.74, 6) is -0.434. The molecule has 2 fully saturated rings. The number of ketones is 1. The third kappa shape index (κ3) is 4.50. The van der Waals surface area contributed by atoms with E-state index >= 15 is 0 Å². The molecule has 28 heavy (non-hydrogen) atoms. The predicted octanol–water partition coefficient (Wildman–Crippen LogP) is 1.23. The summed E-state index contributed by atoms with van der Waals surface area (Å²) in [5.41, 5.74) is 8.95. The first-order chi connectivity index (χ1) is 13.3. The second kappa shape index (κ2) is 8.42. The fraction of sp³-hybridized carbons (Fsp3) is 0.500. The second-order valence-corrected chi connectivity index (χ2v) is 6.88. The lowest BCUT2D eigenvalue weighted by molar-refractivity contribution is -0.117. The highest BCUT2D eigenvalue weighted by Gasteiger charge is 2.32. The summed E-state index contributed by atoms with van der Waals surface area (Å²) in [7, 11) is 0. The number of benzene rings is 1. The molecular formula is C18H24FN5O4. The number of Topliss-reactive ketones (excluding diaryl/α,β-unsaturated/α-hetero) is 1. The molecule has 3 amide bonds. The van der Waals surface area contributed by atoms with Crippen molar-refractivity contribution in [1.82, 2.24) is 10.4 Å². The zero-order valence-corrected chi connectivity index (χ0v) is 15.7. The minimum Gasteiger partial charge on any atom is -0.444 e. The van der Waals surface area contributed by atoms with Crippen LogP contribution in [0.15, 0.2) is 18.2 Å². The monoisotopic (exact) mass is 393 g/mol. The number of halogens is 1. The van der Waals surface area contributed by atoms with Crippen LogP contribution in [0.4, 0.5) is 25.4 Å². The van der Waals surface area contributed by atoms with E-state index in [2.05, 4.69) is 5.43 Å². The van der Waals surface area contributed by atoms with Gasteiger partial charge in [-0.2, -0.15) is 0 Å². The number of rotatable bonds is 5. The molecule has 0 saturated carbocycles. The van der Waals surface area contributed by atoms with Gasteiger partial charge in [-0.25, -0.2) is 19.4 Å². The topological polar surface area (TPSA) is 108 Å². The zero-order chi connectivity index (χ0) is 20.3. The Balaban J connectivity index is 1.68. The standard InChI is InChI=1S/C18H24FN5O4/c1-12(25)2-4-14-11-23(18(27)28-14)13-3-5-16(15(19)10-13)22-7-6-21-24(9-8-22)17(20)26/h3,5,10,14,21H,2,4,6-9,11H2,1H3,(H2,20,26)/t14-/m0/s1. The first-order valence-corrected chi connectivity index (χ1v) is 9.17. The fourth-order valence-corrected chi connectivity index (χ4v) is 3.33. The molecule has 3 N–H and O–H groups in total. The second-order valence-electron chi connectivity index (χ2n) is 6.88. The molecule has 2 aliphatic heterocycles. The molecule has 152 valence electrons. The summed E-state index contributed by atoms with van der Waals surface area (Å²) in [4.78, 5) is 37.7. The van der Waals surface area contributed by atoms with Gasteiger partial charge in [-0.05, 0) is 31.5 Å². The Kier molecular flexibility index (Phi) is 5.98. The normalized spacial score (nSPS) is 20.1. The maximum absolute atomic E-state index is 14.8. The highest BCUT2D eigenvalue weighted by molar-refractivity contribution is 5.90. The lowest BCUT2D eigenvalue weighted by atomic mass is 10.1. The number of hydrogen-bond donors (Lipinski definition) is 2. The van der Waals surface area contributed by atoms with Crippen LogP contribution in [-0.2, 0) is 9.53 Å². The number of ether oxygens (including phenoxy) is 1. The third-order valence-electron chi connectivity index (χ3n) is 4.82. The number of carbonyl (C=O) groups excluding carboxylic acids is 3. The van der Waals surface area contributed by atoms with Gasteiger partial charge < -0.3 is 20.2 Å². The Morgan fingerprint density at radius 1 is 1.32 bits per heavy atom. The van der Waals surface area contributed by atoms with Crippen molar-refractivity contribution in [1.29, 1.82) is 0 Å². The van der Waals surface area contributed by atoms with Crippen molar-refractivity contribution in [2.75, 3.05) is 42.5 Å². The molecule has 0 bridgehead atoms. The van der Waals surface area contributed by atoms with Gasteiger partial charge in [0.2, 0.25) is 0 Å². The maximum atomic E-state index is 14.8. The molecule has 0 unspecified atom stereocenters. The van der Waals surface area contributed by atoms with Gasteiger partial charge in [-0.3, -0.25) is 9.91 Å². The summed E-state index contributed by atoms with van der Waals surface area (Å²) < 4.78 is 20.0. The van der Waals surface area contributed by atoms with Crippen molar-refractivity contribution < 1.29 is 23.5 Å². The predicted molar refractivity (Wildman–Crippen MR) is 100 cm³/mol. The van der Waals surface area contributed by atoms with Crippen molar-refractivity contribution in [3.8, 4) is 0 Å². The van der Waals surface area contributed by atoms with Crippen LogP contribution < -0.4 is 21.0 Å². The van der Waals surface area contributed by atoms with Gasteiger partial charge >= 0.3 is 12.1 Å². The van der Waals surface area contributed by atoms with E-state index < -0.39 is 17.9 Å². The Labute approximate surface area is 162 Å². The van der Waals surface area contributed by atoms with Gasteiger partial charge in [-0.15, -0.1) is 0 Å². The number of urea groups is 1. The van der Waals surface area contributed by atoms with Crippen LogP contribution in [-0.4, -0.2) is 61.7 Å². The van der Waals surface area contributed by atoms with Crippen LogP contribution in [0.2, 0.25) is 0 Å². The number of nitrogens with two attached hydrogens (primary N) is 1. The highest BCUT2D eigenvalue weighted by atomic mass is 19.1. The Bertz CT molecular complexity index is 774. The summed E-state index contributed by atoms with van der Waals surface area (Å²) in [6, 6.07) is 4.00. The molecule has 2 aliphatic rings. The molecule has 3 rings (SSSR count). The van der Waals surface area contributed by atoms with E-state index in [9.17, 15) is 18.8 Å². The number of nitrogens with zero attached hydrogens (tertiary/aromatic N) is 3.